The normalized spacial score (nSPS) is 22.2. The molecule has 3 heterocycles. The van der Waals surface area contributed by atoms with Gasteiger partial charge in [-0.1, -0.05) is 0 Å². The summed E-state index contributed by atoms with van der Waals surface area (Å²) in [4.78, 5) is 8.91. The minimum absolute atomic E-state index is 0.0784. The standard InChI is InChI=1S/C15H21N5O/c1-10-8-11(2)18-15(17-10)19-12-5-7-21-14(9-12)13-4-6-16-20(13)3/h4,6,8,12,14H,5,7,9H2,1-3H3,(H,17,18,19). The molecule has 1 aliphatic heterocycles. The molecular formula is C15H21N5O. The van der Waals surface area contributed by atoms with Gasteiger partial charge in [0.1, 0.15) is 6.10 Å². The fourth-order valence-electron chi connectivity index (χ4n) is 2.81. The van der Waals surface area contributed by atoms with Crippen molar-refractivity contribution in [2.45, 2.75) is 38.8 Å². The van der Waals surface area contributed by atoms with Crippen LogP contribution in [-0.2, 0) is 11.8 Å². The van der Waals surface area contributed by atoms with E-state index in [1.54, 1.807) is 0 Å². The molecule has 0 spiro atoms. The Kier molecular flexibility index (Phi) is 3.88. The zero-order valence-corrected chi connectivity index (χ0v) is 12.7. The fraction of sp³-hybridized carbons (Fsp3) is 0.533. The smallest absolute Gasteiger partial charge is 0.223 e. The van der Waals surface area contributed by atoms with Crippen LogP contribution in [0, 0.1) is 13.8 Å². The van der Waals surface area contributed by atoms with Crippen LogP contribution in [0.3, 0.4) is 0 Å². The van der Waals surface area contributed by atoms with Crippen molar-refractivity contribution in [2.24, 2.45) is 7.05 Å². The van der Waals surface area contributed by atoms with Gasteiger partial charge >= 0.3 is 0 Å². The van der Waals surface area contributed by atoms with E-state index in [1.807, 2.05) is 43.9 Å². The van der Waals surface area contributed by atoms with Crippen molar-refractivity contribution in [3.05, 3.63) is 35.4 Å². The van der Waals surface area contributed by atoms with E-state index in [-0.39, 0.29) is 6.10 Å². The van der Waals surface area contributed by atoms with Crippen molar-refractivity contribution in [2.75, 3.05) is 11.9 Å². The summed E-state index contributed by atoms with van der Waals surface area (Å²) in [5.41, 5.74) is 3.09. The van der Waals surface area contributed by atoms with E-state index in [2.05, 4.69) is 20.4 Å². The summed E-state index contributed by atoms with van der Waals surface area (Å²) in [5.74, 6) is 0.711. The molecule has 1 aliphatic rings. The first kappa shape index (κ1) is 14.0. The molecule has 0 amide bonds. The Morgan fingerprint density at radius 3 is 2.71 bits per heavy atom. The molecule has 0 bridgehead atoms. The van der Waals surface area contributed by atoms with E-state index in [0.717, 1.165) is 36.5 Å². The fourth-order valence-corrected chi connectivity index (χ4v) is 2.81. The molecule has 3 rings (SSSR count). The molecule has 2 aromatic rings. The van der Waals surface area contributed by atoms with Gasteiger partial charge in [0.25, 0.3) is 0 Å². The highest BCUT2D eigenvalue weighted by Gasteiger charge is 2.26. The summed E-state index contributed by atoms with van der Waals surface area (Å²) in [7, 11) is 1.95. The number of aromatic nitrogens is 4. The van der Waals surface area contributed by atoms with Gasteiger partial charge in [-0.3, -0.25) is 4.68 Å². The first-order valence-corrected chi connectivity index (χ1v) is 7.30. The zero-order chi connectivity index (χ0) is 14.8. The molecule has 0 radical (unpaired) electrons. The van der Waals surface area contributed by atoms with Crippen LogP contribution in [0.15, 0.2) is 18.3 Å². The Balaban J connectivity index is 1.70. The summed E-state index contributed by atoms with van der Waals surface area (Å²) in [6.07, 6.45) is 3.75. The van der Waals surface area contributed by atoms with E-state index >= 15 is 0 Å². The Bertz CT molecular complexity index is 604. The Morgan fingerprint density at radius 2 is 2.05 bits per heavy atom. The Morgan fingerprint density at radius 1 is 1.29 bits per heavy atom. The summed E-state index contributed by atoms with van der Waals surface area (Å²) in [5, 5.41) is 7.66. The molecule has 2 atom stereocenters. The lowest BCUT2D eigenvalue weighted by atomic mass is 10.0. The maximum atomic E-state index is 5.88. The average molecular weight is 287 g/mol. The van der Waals surface area contributed by atoms with Crippen LogP contribution in [0.2, 0.25) is 0 Å². The van der Waals surface area contributed by atoms with Gasteiger partial charge in [-0.2, -0.15) is 5.10 Å². The first-order valence-electron chi connectivity index (χ1n) is 7.30. The lowest BCUT2D eigenvalue weighted by Crippen LogP contribution is -2.31. The summed E-state index contributed by atoms with van der Waals surface area (Å²) in [6, 6.07) is 4.31. The third kappa shape index (κ3) is 3.21. The van der Waals surface area contributed by atoms with E-state index in [4.69, 9.17) is 4.74 Å². The van der Waals surface area contributed by atoms with Crippen molar-refractivity contribution in [1.29, 1.82) is 0 Å². The Labute approximate surface area is 124 Å². The number of nitrogens with zero attached hydrogens (tertiary/aromatic N) is 4. The van der Waals surface area contributed by atoms with Crippen LogP contribution in [0.1, 0.15) is 36.0 Å². The van der Waals surface area contributed by atoms with Gasteiger partial charge in [0, 0.05) is 37.3 Å². The predicted octanol–water partition coefficient (Wildman–Crippen LogP) is 2.16. The maximum Gasteiger partial charge on any atom is 0.223 e. The minimum atomic E-state index is 0.0784. The van der Waals surface area contributed by atoms with Crippen molar-refractivity contribution >= 4 is 5.95 Å². The van der Waals surface area contributed by atoms with Crippen LogP contribution in [0.5, 0.6) is 0 Å². The molecule has 6 nitrogen and oxygen atoms in total. The van der Waals surface area contributed by atoms with Crippen LogP contribution in [0.25, 0.3) is 0 Å². The van der Waals surface area contributed by atoms with Crippen molar-refractivity contribution < 1.29 is 4.74 Å². The molecule has 1 N–H and O–H groups in total. The van der Waals surface area contributed by atoms with Gasteiger partial charge in [-0.25, -0.2) is 9.97 Å². The average Bonchev–Trinajstić information content (AvgIpc) is 2.84. The molecule has 0 aromatic carbocycles. The lowest BCUT2D eigenvalue weighted by molar-refractivity contribution is 0.00493. The second-order valence-electron chi connectivity index (χ2n) is 5.58. The topological polar surface area (TPSA) is 64.9 Å². The van der Waals surface area contributed by atoms with Gasteiger partial charge in [-0.05, 0) is 38.8 Å². The number of rotatable bonds is 3. The molecule has 0 saturated carbocycles. The minimum Gasteiger partial charge on any atom is -0.372 e. The summed E-state index contributed by atoms with van der Waals surface area (Å²) in [6.45, 7) is 4.71. The zero-order valence-electron chi connectivity index (χ0n) is 12.7. The van der Waals surface area contributed by atoms with Crippen LogP contribution >= 0.6 is 0 Å². The molecule has 2 aromatic heterocycles. The molecule has 1 fully saturated rings. The van der Waals surface area contributed by atoms with Crippen LogP contribution in [0.4, 0.5) is 5.95 Å². The van der Waals surface area contributed by atoms with Gasteiger partial charge in [0.15, 0.2) is 0 Å². The summed E-state index contributed by atoms with van der Waals surface area (Å²) >= 11 is 0. The second-order valence-corrected chi connectivity index (χ2v) is 5.58. The highest BCUT2D eigenvalue weighted by molar-refractivity contribution is 5.29. The number of nitrogens with one attached hydrogen (secondary N) is 1. The largest absolute Gasteiger partial charge is 0.372 e. The van der Waals surface area contributed by atoms with Gasteiger partial charge in [-0.15, -0.1) is 0 Å². The quantitative estimate of drug-likeness (QED) is 0.937. The van der Waals surface area contributed by atoms with Crippen molar-refractivity contribution in [3.8, 4) is 0 Å². The Hall–Kier alpha value is -1.95. The van der Waals surface area contributed by atoms with Crippen molar-refractivity contribution in [1.82, 2.24) is 19.7 Å². The molecule has 0 aliphatic carbocycles. The van der Waals surface area contributed by atoms with E-state index in [1.165, 1.54) is 0 Å². The SMILES string of the molecule is Cc1cc(C)nc(NC2CCOC(c3ccnn3C)C2)n1. The molecule has 2 unspecified atom stereocenters. The number of anilines is 1. The highest BCUT2D eigenvalue weighted by atomic mass is 16.5. The van der Waals surface area contributed by atoms with E-state index in [9.17, 15) is 0 Å². The molecule has 1 saturated heterocycles. The molecule has 21 heavy (non-hydrogen) atoms. The second kappa shape index (κ2) is 5.81. The third-order valence-corrected chi connectivity index (χ3v) is 3.79. The van der Waals surface area contributed by atoms with Crippen molar-refractivity contribution in [3.63, 3.8) is 0 Å². The number of aryl methyl sites for hydroxylation is 3. The monoisotopic (exact) mass is 287 g/mol. The molecule has 112 valence electrons. The molecule has 6 heteroatoms. The summed E-state index contributed by atoms with van der Waals surface area (Å²) < 4.78 is 7.75. The lowest BCUT2D eigenvalue weighted by Gasteiger charge is -2.30. The van der Waals surface area contributed by atoms with Gasteiger partial charge < -0.3 is 10.1 Å². The number of hydrogen-bond donors (Lipinski definition) is 1. The maximum absolute atomic E-state index is 5.88. The predicted molar refractivity (Wildman–Crippen MR) is 80.1 cm³/mol. The first-order chi connectivity index (χ1) is 10.1. The van der Waals surface area contributed by atoms with E-state index in [0.29, 0.717) is 12.0 Å². The number of hydrogen-bond acceptors (Lipinski definition) is 5. The van der Waals surface area contributed by atoms with E-state index < -0.39 is 0 Å². The van der Waals surface area contributed by atoms with Gasteiger partial charge in [0.05, 0.1) is 5.69 Å². The molecular weight excluding hydrogens is 266 g/mol. The third-order valence-electron chi connectivity index (χ3n) is 3.79. The number of ether oxygens (including phenoxy) is 1. The van der Waals surface area contributed by atoms with Crippen LogP contribution in [-0.4, -0.2) is 32.4 Å². The van der Waals surface area contributed by atoms with Gasteiger partial charge in [0.2, 0.25) is 5.95 Å². The van der Waals surface area contributed by atoms with Crippen LogP contribution < -0.4 is 5.32 Å². The highest BCUT2D eigenvalue weighted by Crippen LogP contribution is 2.28.